The highest BCUT2D eigenvalue weighted by Gasteiger charge is 2.22. The maximum absolute atomic E-state index is 12.2. The van der Waals surface area contributed by atoms with Gasteiger partial charge < -0.3 is 19.7 Å². The monoisotopic (exact) mass is 276 g/mol. The number of carbonyl (C=O) groups excluding carboxylic acids is 2. The van der Waals surface area contributed by atoms with Crippen LogP contribution in [-0.2, 0) is 16.6 Å². The Morgan fingerprint density at radius 3 is 2.75 bits per heavy atom. The molecule has 20 heavy (non-hydrogen) atoms. The van der Waals surface area contributed by atoms with Crippen LogP contribution in [0.2, 0.25) is 0 Å². The summed E-state index contributed by atoms with van der Waals surface area (Å²) < 4.78 is 6.34. The standard InChI is InChI=1S/C14H16N2O4/c1-16-7-10(9-5-3-4-6-12(9)16)13(18)15-11(8-17)14(19)20-2/h3-7,11,17H,8H2,1-2H3,(H,15,18). The summed E-state index contributed by atoms with van der Waals surface area (Å²) in [6, 6.07) is 6.39. The Morgan fingerprint density at radius 2 is 2.10 bits per heavy atom. The van der Waals surface area contributed by atoms with Gasteiger partial charge in [0.2, 0.25) is 0 Å². The Morgan fingerprint density at radius 1 is 1.40 bits per heavy atom. The van der Waals surface area contributed by atoms with Gasteiger partial charge in [0.05, 0.1) is 19.3 Å². The number of benzene rings is 1. The number of aryl methyl sites for hydroxylation is 1. The number of methoxy groups -OCH3 is 1. The van der Waals surface area contributed by atoms with Crippen molar-refractivity contribution < 1.29 is 19.4 Å². The van der Waals surface area contributed by atoms with Crippen LogP contribution in [0.1, 0.15) is 10.4 Å². The molecule has 1 aromatic heterocycles. The number of esters is 1. The Kier molecular flexibility index (Phi) is 4.05. The Labute approximate surface area is 116 Å². The second-order valence-corrected chi connectivity index (χ2v) is 4.40. The van der Waals surface area contributed by atoms with Gasteiger partial charge in [0.25, 0.3) is 5.91 Å². The first-order valence-corrected chi connectivity index (χ1v) is 6.12. The summed E-state index contributed by atoms with van der Waals surface area (Å²) in [5.74, 6) is -1.10. The number of aromatic nitrogens is 1. The van der Waals surface area contributed by atoms with Gasteiger partial charge in [-0.25, -0.2) is 4.79 Å². The number of nitrogens with one attached hydrogen (secondary N) is 1. The largest absolute Gasteiger partial charge is 0.467 e. The number of aliphatic hydroxyl groups excluding tert-OH is 1. The summed E-state index contributed by atoms with van der Waals surface area (Å²) >= 11 is 0. The summed E-state index contributed by atoms with van der Waals surface area (Å²) in [4.78, 5) is 23.6. The molecule has 6 nitrogen and oxygen atoms in total. The van der Waals surface area contributed by atoms with Crippen LogP contribution >= 0.6 is 0 Å². The Bertz CT molecular complexity index is 648. The lowest BCUT2D eigenvalue weighted by atomic mass is 10.1. The maximum Gasteiger partial charge on any atom is 0.330 e. The van der Waals surface area contributed by atoms with E-state index in [1.807, 2.05) is 35.9 Å². The van der Waals surface area contributed by atoms with Crippen molar-refractivity contribution in [2.24, 2.45) is 7.05 Å². The number of hydrogen-bond donors (Lipinski definition) is 2. The molecule has 1 aromatic carbocycles. The minimum Gasteiger partial charge on any atom is -0.467 e. The van der Waals surface area contributed by atoms with Crippen molar-refractivity contribution in [3.63, 3.8) is 0 Å². The maximum atomic E-state index is 12.2. The molecule has 0 fully saturated rings. The first-order chi connectivity index (χ1) is 9.58. The predicted octanol–water partition coefficient (Wildman–Crippen LogP) is 0.442. The lowest BCUT2D eigenvalue weighted by molar-refractivity contribution is -0.143. The van der Waals surface area contributed by atoms with E-state index in [4.69, 9.17) is 5.11 Å². The van der Waals surface area contributed by atoms with Crippen molar-refractivity contribution in [2.45, 2.75) is 6.04 Å². The van der Waals surface area contributed by atoms with Crippen LogP contribution in [0.15, 0.2) is 30.5 Å². The number of rotatable bonds is 4. The molecule has 1 heterocycles. The van der Waals surface area contributed by atoms with Crippen LogP contribution in [0.3, 0.4) is 0 Å². The van der Waals surface area contributed by atoms with E-state index in [2.05, 4.69) is 10.1 Å². The quantitative estimate of drug-likeness (QED) is 0.794. The fourth-order valence-corrected chi connectivity index (χ4v) is 2.08. The molecule has 0 saturated carbocycles. The van der Waals surface area contributed by atoms with Gasteiger partial charge in [0.1, 0.15) is 0 Å². The molecule has 0 aliphatic heterocycles. The molecule has 0 aliphatic carbocycles. The highest BCUT2D eigenvalue weighted by atomic mass is 16.5. The van der Waals surface area contributed by atoms with E-state index in [1.54, 1.807) is 6.20 Å². The molecule has 0 radical (unpaired) electrons. The van der Waals surface area contributed by atoms with Crippen LogP contribution in [0.4, 0.5) is 0 Å². The zero-order valence-electron chi connectivity index (χ0n) is 11.3. The van der Waals surface area contributed by atoms with Crippen molar-refractivity contribution in [2.75, 3.05) is 13.7 Å². The van der Waals surface area contributed by atoms with Gasteiger partial charge in [0, 0.05) is 24.1 Å². The SMILES string of the molecule is COC(=O)C(CO)NC(=O)c1cn(C)c2ccccc12. The second-order valence-electron chi connectivity index (χ2n) is 4.40. The van der Waals surface area contributed by atoms with Gasteiger partial charge >= 0.3 is 5.97 Å². The van der Waals surface area contributed by atoms with Crippen molar-refractivity contribution >= 4 is 22.8 Å². The van der Waals surface area contributed by atoms with Crippen LogP contribution in [0.5, 0.6) is 0 Å². The van der Waals surface area contributed by atoms with Gasteiger partial charge in [-0.05, 0) is 6.07 Å². The van der Waals surface area contributed by atoms with Crippen LogP contribution in [0.25, 0.3) is 10.9 Å². The van der Waals surface area contributed by atoms with Gasteiger partial charge in [-0.3, -0.25) is 4.79 Å². The summed E-state index contributed by atoms with van der Waals surface area (Å²) in [6.07, 6.45) is 1.69. The first kappa shape index (κ1) is 14.1. The number of hydrogen-bond acceptors (Lipinski definition) is 4. The van der Waals surface area contributed by atoms with E-state index in [9.17, 15) is 9.59 Å². The minimum atomic E-state index is -1.06. The molecule has 2 N–H and O–H groups in total. The molecule has 0 aliphatic rings. The topological polar surface area (TPSA) is 80.6 Å². The zero-order chi connectivity index (χ0) is 14.7. The molecule has 0 spiro atoms. The van der Waals surface area contributed by atoms with E-state index >= 15 is 0 Å². The van der Waals surface area contributed by atoms with E-state index in [0.717, 1.165) is 10.9 Å². The van der Waals surface area contributed by atoms with Crippen LogP contribution in [0, 0.1) is 0 Å². The lowest BCUT2D eigenvalue weighted by Crippen LogP contribution is -2.44. The van der Waals surface area contributed by atoms with Gasteiger partial charge in [-0.1, -0.05) is 18.2 Å². The summed E-state index contributed by atoms with van der Waals surface area (Å²) in [5.41, 5.74) is 1.36. The average Bonchev–Trinajstić information content (AvgIpc) is 2.81. The lowest BCUT2D eigenvalue weighted by Gasteiger charge is -2.13. The molecule has 1 unspecified atom stereocenters. The number of amides is 1. The van der Waals surface area contributed by atoms with E-state index in [-0.39, 0.29) is 0 Å². The van der Waals surface area contributed by atoms with Gasteiger partial charge in [-0.15, -0.1) is 0 Å². The number of fused-ring (bicyclic) bond motifs is 1. The molecule has 1 atom stereocenters. The fourth-order valence-electron chi connectivity index (χ4n) is 2.08. The summed E-state index contributed by atoms with van der Waals surface area (Å²) in [7, 11) is 3.04. The van der Waals surface area contributed by atoms with Crippen molar-refractivity contribution in [3.8, 4) is 0 Å². The highest BCUT2D eigenvalue weighted by Crippen LogP contribution is 2.20. The predicted molar refractivity (Wildman–Crippen MR) is 73.3 cm³/mol. The fraction of sp³-hybridized carbons (Fsp3) is 0.286. The molecule has 0 bridgehead atoms. The van der Waals surface area contributed by atoms with Crippen molar-refractivity contribution in [1.82, 2.24) is 9.88 Å². The molecule has 2 aromatic rings. The van der Waals surface area contributed by atoms with E-state index in [0.29, 0.717) is 5.56 Å². The summed E-state index contributed by atoms with van der Waals surface area (Å²) in [6.45, 7) is -0.511. The normalized spacial score (nSPS) is 12.2. The van der Waals surface area contributed by atoms with E-state index in [1.165, 1.54) is 7.11 Å². The third-order valence-corrected chi connectivity index (χ3v) is 3.12. The molecule has 2 rings (SSSR count). The minimum absolute atomic E-state index is 0.425. The molecule has 6 heteroatoms. The molecule has 1 amide bonds. The highest BCUT2D eigenvalue weighted by molar-refractivity contribution is 6.07. The van der Waals surface area contributed by atoms with Crippen LogP contribution in [-0.4, -0.2) is 41.3 Å². The Hall–Kier alpha value is -2.34. The number of nitrogens with zero attached hydrogens (tertiary/aromatic N) is 1. The Balaban J connectivity index is 2.30. The number of aliphatic hydroxyl groups is 1. The zero-order valence-corrected chi connectivity index (χ0v) is 11.3. The smallest absolute Gasteiger partial charge is 0.330 e. The van der Waals surface area contributed by atoms with Crippen molar-refractivity contribution in [1.29, 1.82) is 0 Å². The second kappa shape index (κ2) is 5.75. The third kappa shape index (κ3) is 2.50. The first-order valence-electron chi connectivity index (χ1n) is 6.12. The molecular formula is C14H16N2O4. The van der Waals surface area contributed by atoms with Crippen molar-refractivity contribution in [3.05, 3.63) is 36.0 Å². The third-order valence-electron chi connectivity index (χ3n) is 3.12. The van der Waals surface area contributed by atoms with Gasteiger partial charge in [0.15, 0.2) is 6.04 Å². The van der Waals surface area contributed by atoms with E-state index < -0.39 is 24.5 Å². The molecule has 106 valence electrons. The average molecular weight is 276 g/mol. The van der Waals surface area contributed by atoms with Crippen LogP contribution < -0.4 is 5.32 Å². The number of carbonyl (C=O) groups is 2. The van der Waals surface area contributed by atoms with Gasteiger partial charge in [-0.2, -0.15) is 0 Å². The number of ether oxygens (including phenoxy) is 1. The molecular weight excluding hydrogens is 260 g/mol. The number of para-hydroxylation sites is 1. The summed E-state index contributed by atoms with van der Waals surface area (Å²) in [5, 5.41) is 12.4. The molecule has 0 saturated heterocycles.